The third-order valence-electron chi connectivity index (χ3n) is 11.0. The highest BCUT2D eigenvalue weighted by Gasteiger charge is 2.41. The fourth-order valence-corrected chi connectivity index (χ4v) is 8.58. The number of pyridine rings is 2. The molecule has 0 spiro atoms. The Morgan fingerprint density at radius 3 is 1.91 bits per heavy atom. The summed E-state index contributed by atoms with van der Waals surface area (Å²) in [6, 6.07) is 8.98. The molecule has 3 N–H and O–H groups in total. The van der Waals surface area contributed by atoms with Gasteiger partial charge in [0.25, 0.3) is 0 Å². The van der Waals surface area contributed by atoms with Gasteiger partial charge in [-0.15, -0.1) is 0 Å². The lowest BCUT2D eigenvalue weighted by Gasteiger charge is -2.39. The van der Waals surface area contributed by atoms with Gasteiger partial charge in [-0.1, -0.05) is 0 Å². The number of nitrogens with zero attached hydrogens (tertiary/aromatic N) is 11. The molecule has 2 amide bonds. The molecule has 4 aromatic rings. The highest BCUT2D eigenvalue weighted by molar-refractivity contribution is 6.04. The minimum atomic E-state index is -1.05. The molecule has 0 unspecified atom stereocenters. The van der Waals surface area contributed by atoms with Gasteiger partial charge in [-0.05, 0) is 64.8 Å². The molecular weight excluding hydrogens is 743 g/mol. The third-order valence-corrected chi connectivity index (χ3v) is 11.0. The molecule has 0 aliphatic carbocycles. The summed E-state index contributed by atoms with van der Waals surface area (Å²) >= 11 is 0. The zero-order chi connectivity index (χ0) is 40.3. The van der Waals surface area contributed by atoms with E-state index in [2.05, 4.69) is 102 Å². The van der Waals surface area contributed by atoms with Crippen molar-refractivity contribution in [3.05, 3.63) is 67.1 Å². The predicted octanol–water partition coefficient (Wildman–Crippen LogP) is 3.99. The maximum absolute atomic E-state index is 13.2. The number of carbonyl (C=O) groups is 2. The van der Waals surface area contributed by atoms with Crippen LogP contribution in [0.5, 0.6) is 0 Å². The van der Waals surface area contributed by atoms with E-state index in [1.54, 1.807) is 23.5 Å². The summed E-state index contributed by atoms with van der Waals surface area (Å²) in [4.78, 5) is 59.5. The molecule has 6 aliphatic rings. The second-order valence-electron chi connectivity index (χ2n) is 15.6. The second-order valence-corrected chi connectivity index (χ2v) is 15.6. The molecule has 18 heteroatoms. The number of carbonyl (C=O) groups excluding carboxylic acids is 1. The van der Waals surface area contributed by atoms with Gasteiger partial charge < -0.3 is 39.5 Å². The number of carboxylic acids is 1. The number of ether oxygens (including phenoxy) is 2. The molecule has 58 heavy (non-hydrogen) atoms. The molecule has 4 saturated heterocycles. The highest BCUT2D eigenvalue weighted by atomic mass is 16.5. The number of anilines is 7. The number of nitrogens with one attached hydrogen (secondary N) is 2. The molecule has 0 aromatic carbocycles. The lowest BCUT2D eigenvalue weighted by molar-refractivity contribution is -0.00571. The van der Waals surface area contributed by atoms with Crippen LogP contribution < -0.4 is 35.1 Å². The van der Waals surface area contributed by atoms with E-state index in [-0.39, 0.29) is 42.2 Å². The van der Waals surface area contributed by atoms with Crippen molar-refractivity contribution in [2.75, 3.05) is 87.5 Å². The van der Waals surface area contributed by atoms with Crippen LogP contribution in [0.4, 0.5) is 45.3 Å². The number of aromatic carboxylic acids is 1. The number of hydrogen-bond acceptors (Lipinski definition) is 15. The number of fused-ring (bicyclic) bond motifs is 8. The average molecular weight is 794 g/mol. The Balaban J connectivity index is 0.000000139. The first-order valence-corrected chi connectivity index (χ1v) is 20.0. The Hall–Kier alpha value is -5.88. The SMILES string of the molecule is C[C@H]1CN(c2ccc3c(n2)N(C(=O)Nc2cnccn2)[C@H]2CCN3C2)C[C@H](C)O1.C[C@H]1CN(c2ccc3c(n2)N[C@H]2CCN3C2)C[C@H](C)O1.O=C(O)c1cnccn1. The van der Waals surface area contributed by atoms with Gasteiger partial charge >= 0.3 is 12.0 Å². The lowest BCUT2D eigenvalue weighted by atomic mass is 10.1. The quantitative estimate of drug-likeness (QED) is 0.269. The van der Waals surface area contributed by atoms with Gasteiger partial charge in [-0.25, -0.2) is 29.5 Å². The molecule has 6 aliphatic heterocycles. The van der Waals surface area contributed by atoms with E-state index in [4.69, 9.17) is 24.5 Å². The fraction of sp³-hybridized carbons (Fsp3) is 0.500. The molecule has 10 heterocycles. The van der Waals surface area contributed by atoms with Crippen molar-refractivity contribution in [3.8, 4) is 0 Å². The van der Waals surface area contributed by atoms with Gasteiger partial charge in [-0.3, -0.25) is 20.2 Å². The molecule has 4 bridgehead atoms. The first-order chi connectivity index (χ1) is 28.1. The normalized spacial score (nSPS) is 25.3. The Morgan fingerprint density at radius 2 is 1.31 bits per heavy atom. The minimum Gasteiger partial charge on any atom is -0.476 e. The number of urea groups is 1. The van der Waals surface area contributed by atoms with Gasteiger partial charge in [0, 0.05) is 83.2 Å². The van der Waals surface area contributed by atoms with E-state index in [0.29, 0.717) is 17.7 Å². The molecule has 18 nitrogen and oxygen atoms in total. The molecule has 306 valence electrons. The van der Waals surface area contributed by atoms with E-state index in [0.717, 1.165) is 81.9 Å². The lowest BCUT2D eigenvalue weighted by Crippen LogP contribution is -2.49. The van der Waals surface area contributed by atoms with E-state index < -0.39 is 5.97 Å². The summed E-state index contributed by atoms with van der Waals surface area (Å²) in [6.45, 7) is 15.9. The summed E-state index contributed by atoms with van der Waals surface area (Å²) in [6.07, 6.45) is 11.6. The van der Waals surface area contributed by atoms with Crippen molar-refractivity contribution in [1.82, 2.24) is 29.9 Å². The Bertz CT molecular complexity index is 2050. The maximum atomic E-state index is 13.2. The molecule has 10 rings (SSSR count). The second kappa shape index (κ2) is 16.9. The first kappa shape index (κ1) is 39.0. The summed E-state index contributed by atoms with van der Waals surface area (Å²) < 4.78 is 11.7. The van der Waals surface area contributed by atoms with Crippen LogP contribution in [0.15, 0.2) is 61.4 Å². The predicted molar refractivity (Wildman–Crippen MR) is 220 cm³/mol. The van der Waals surface area contributed by atoms with Gasteiger partial charge in [0.15, 0.2) is 23.1 Å². The largest absolute Gasteiger partial charge is 0.476 e. The number of carboxylic acid groups (broad SMARTS) is 1. The van der Waals surface area contributed by atoms with E-state index >= 15 is 0 Å². The van der Waals surface area contributed by atoms with Crippen LogP contribution in [0.3, 0.4) is 0 Å². The first-order valence-electron chi connectivity index (χ1n) is 20.0. The van der Waals surface area contributed by atoms with E-state index in [9.17, 15) is 9.59 Å². The zero-order valence-corrected chi connectivity index (χ0v) is 33.3. The summed E-state index contributed by atoms with van der Waals surface area (Å²) in [5.41, 5.74) is 2.24. The van der Waals surface area contributed by atoms with Crippen molar-refractivity contribution in [1.29, 1.82) is 0 Å². The molecular formula is C40H51N13O5. The summed E-state index contributed by atoms with van der Waals surface area (Å²) in [7, 11) is 0. The Morgan fingerprint density at radius 1 is 0.707 bits per heavy atom. The van der Waals surface area contributed by atoms with Gasteiger partial charge in [0.2, 0.25) is 0 Å². The third kappa shape index (κ3) is 8.67. The van der Waals surface area contributed by atoms with Gasteiger partial charge in [0.1, 0.15) is 11.6 Å². The van der Waals surface area contributed by atoms with Crippen molar-refractivity contribution >= 4 is 52.5 Å². The van der Waals surface area contributed by atoms with Crippen LogP contribution in [0, 0.1) is 0 Å². The monoisotopic (exact) mass is 793 g/mol. The van der Waals surface area contributed by atoms with Crippen molar-refractivity contribution in [2.24, 2.45) is 0 Å². The van der Waals surface area contributed by atoms with Crippen molar-refractivity contribution < 1.29 is 24.2 Å². The Kier molecular flexibility index (Phi) is 11.4. The smallest absolute Gasteiger partial charge is 0.356 e. The van der Waals surface area contributed by atoms with Crippen LogP contribution >= 0.6 is 0 Å². The maximum Gasteiger partial charge on any atom is 0.356 e. The fourth-order valence-electron chi connectivity index (χ4n) is 8.58. The molecule has 4 fully saturated rings. The molecule has 4 aromatic heterocycles. The molecule has 0 radical (unpaired) electrons. The van der Waals surface area contributed by atoms with Gasteiger partial charge in [0.05, 0.1) is 54.2 Å². The number of hydrogen-bond donors (Lipinski definition) is 3. The van der Waals surface area contributed by atoms with Crippen LogP contribution in [0.2, 0.25) is 0 Å². The van der Waals surface area contributed by atoms with Crippen LogP contribution in [-0.2, 0) is 9.47 Å². The summed E-state index contributed by atoms with van der Waals surface area (Å²) in [5, 5.41) is 14.7. The number of rotatable bonds is 4. The van der Waals surface area contributed by atoms with E-state index in [1.165, 1.54) is 30.7 Å². The summed E-state index contributed by atoms with van der Waals surface area (Å²) in [5.74, 6) is 3.10. The van der Waals surface area contributed by atoms with Gasteiger partial charge in [-0.2, -0.15) is 0 Å². The standard InChI is InChI=1S/C20H25N7O2.C15H22N4O.C5H4N2O2/c1-13-10-26(11-14(2)29-13)18-4-3-16-19(24-18)27(15-5-8-25(16)12-15)20(28)23-17-9-21-6-7-22-17;1-10-7-19(8-11(2)20-10)14-4-3-13-15(17-14)16-12-5-6-18(13)9-12;8-5(9)4-3-6-1-2-7-4/h3-4,6-7,9,13-15H,5,8,10-12H2,1-2H3,(H,22,23,28);3-4,10-12H,5-9H2,1-2H3,(H,16,17);1-3H,(H,8,9)/t13-,14-,15-;10-,11-,12-;/m00./s1. The number of amides is 2. The van der Waals surface area contributed by atoms with Crippen molar-refractivity contribution in [2.45, 2.75) is 77.0 Å². The molecule has 6 atom stereocenters. The molecule has 0 saturated carbocycles. The van der Waals surface area contributed by atoms with Crippen LogP contribution in [0.25, 0.3) is 0 Å². The minimum absolute atomic E-state index is 0.0301. The zero-order valence-electron chi connectivity index (χ0n) is 33.3. The van der Waals surface area contributed by atoms with E-state index in [1.807, 2.05) is 0 Å². The highest BCUT2D eigenvalue weighted by Crippen LogP contribution is 2.41. The topological polar surface area (TPSA) is 190 Å². The van der Waals surface area contributed by atoms with Crippen LogP contribution in [-0.4, -0.2) is 136 Å². The van der Waals surface area contributed by atoms with Crippen LogP contribution in [0.1, 0.15) is 51.0 Å². The number of aromatic nitrogens is 6. The number of morpholine rings is 2. The average Bonchev–Trinajstić information content (AvgIpc) is 3.82. The van der Waals surface area contributed by atoms with Crippen molar-refractivity contribution in [3.63, 3.8) is 0 Å². The Labute approximate surface area is 337 Å².